The standard InChI is InChI=1S/C28H60O10Si/c1-11-17-33-27(34-18-12-2,35-19-13-3)23-25(29-7)39(31-9,32-10)26(30-8)24-28(36-20-14-4,37-21-15-5)38-22-16-6/h25-26H,11-24H2,1-10H3. The third-order valence-corrected chi connectivity index (χ3v) is 10.1. The molecule has 0 N–H and O–H groups in total. The summed E-state index contributed by atoms with van der Waals surface area (Å²) >= 11 is 0. The van der Waals surface area contributed by atoms with Gasteiger partial charge in [0, 0.05) is 28.4 Å². The van der Waals surface area contributed by atoms with E-state index in [0.29, 0.717) is 39.6 Å². The second-order valence-corrected chi connectivity index (χ2v) is 13.0. The Morgan fingerprint density at radius 2 is 0.667 bits per heavy atom. The van der Waals surface area contributed by atoms with Gasteiger partial charge in [-0.25, -0.2) is 0 Å². The van der Waals surface area contributed by atoms with E-state index in [-0.39, 0.29) is 12.8 Å². The number of ether oxygens (including phenoxy) is 8. The van der Waals surface area contributed by atoms with Crippen LogP contribution in [0, 0.1) is 0 Å². The van der Waals surface area contributed by atoms with Crippen molar-refractivity contribution in [3.05, 3.63) is 0 Å². The maximum absolute atomic E-state index is 6.25. The molecule has 0 saturated heterocycles. The molecule has 0 saturated carbocycles. The molecule has 0 aliphatic carbocycles. The van der Waals surface area contributed by atoms with Crippen LogP contribution in [0.25, 0.3) is 0 Å². The zero-order valence-electron chi connectivity index (χ0n) is 26.6. The lowest BCUT2D eigenvalue weighted by atomic mass is 10.3. The Labute approximate surface area is 239 Å². The Bertz CT molecular complexity index is 477. The first kappa shape index (κ1) is 38.8. The third-order valence-electron chi connectivity index (χ3n) is 6.13. The van der Waals surface area contributed by atoms with Gasteiger partial charge in [0.05, 0.1) is 52.5 Å². The SMILES string of the molecule is CCCOC(CC(OC)[Si](OC)(OC)C(CC(OCCC)(OCCC)OCCC)OC)(OCCC)OCCC. The van der Waals surface area contributed by atoms with Crippen LogP contribution in [-0.2, 0) is 46.7 Å². The Kier molecular flexibility index (Phi) is 22.3. The van der Waals surface area contributed by atoms with Gasteiger partial charge in [0.25, 0.3) is 11.9 Å². The summed E-state index contributed by atoms with van der Waals surface area (Å²) in [4.78, 5) is 0. The van der Waals surface area contributed by atoms with E-state index in [1.54, 1.807) is 28.4 Å². The Hall–Kier alpha value is -0.183. The van der Waals surface area contributed by atoms with Gasteiger partial charge in [-0.2, -0.15) is 0 Å². The first-order valence-electron chi connectivity index (χ1n) is 14.8. The molecule has 0 aromatic rings. The molecule has 2 unspecified atom stereocenters. The fourth-order valence-electron chi connectivity index (χ4n) is 4.20. The van der Waals surface area contributed by atoms with Gasteiger partial charge in [-0.05, 0) is 38.5 Å². The first-order chi connectivity index (χ1) is 18.8. The van der Waals surface area contributed by atoms with Gasteiger partial charge in [-0.1, -0.05) is 41.5 Å². The van der Waals surface area contributed by atoms with Crippen molar-refractivity contribution in [2.75, 3.05) is 68.1 Å². The van der Waals surface area contributed by atoms with Gasteiger partial charge in [0.2, 0.25) is 0 Å². The van der Waals surface area contributed by atoms with E-state index in [0.717, 1.165) is 38.5 Å². The minimum absolute atomic E-state index is 0.228. The molecule has 2 atom stereocenters. The normalized spacial score (nSPS) is 14.6. The molecule has 0 heterocycles. The summed E-state index contributed by atoms with van der Waals surface area (Å²) in [6.45, 7) is 15.1. The summed E-state index contributed by atoms with van der Waals surface area (Å²) in [7, 11) is 3.12. The zero-order valence-corrected chi connectivity index (χ0v) is 27.6. The molecule has 0 radical (unpaired) electrons. The van der Waals surface area contributed by atoms with E-state index in [2.05, 4.69) is 0 Å². The monoisotopic (exact) mass is 584 g/mol. The second-order valence-electron chi connectivity index (χ2n) is 9.44. The summed E-state index contributed by atoms with van der Waals surface area (Å²) in [6, 6.07) is 0. The summed E-state index contributed by atoms with van der Waals surface area (Å²) in [6.07, 6.45) is 5.31. The number of rotatable bonds is 28. The molecule has 0 amide bonds. The third kappa shape index (κ3) is 12.7. The predicted octanol–water partition coefficient (Wildman–Crippen LogP) is 5.48. The topological polar surface area (TPSA) is 92.3 Å². The smallest absolute Gasteiger partial charge is 0.395 e. The van der Waals surface area contributed by atoms with Crippen molar-refractivity contribution in [1.82, 2.24) is 0 Å². The highest BCUT2D eigenvalue weighted by molar-refractivity contribution is 6.70. The summed E-state index contributed by atoms with van der Waals surface area (Å²) < 4.78 is 62.2. The number of hydrogen-bond donors (Lipinski definition) is 0. The minimum atomic E-state index is -3.38. The fraction of sp³-hybridized carbons (Fsp3) is 1.00. The lowest BCUT2D eigenvalue weighted by Crippen LogP contribution is -2.66. The van der Waals surface area contributed by atoms with Crippen LogP contribution >= 0.6 is 0 Å². The van der Waals surface area contributed by atoms with Gasteiger partial charge >= 0.3 is 8.56 Å². The summed E-state index contributed by atoms with van der Waals surface area (Å²) in [5.41, 5.74) is -1.19. The van der Waals surface area contributed by atoms with Crippen LogP contribution in [0.1, 0.15) is 92.9 Å². The molecule has 0 fully saturated rings. The van der Waals surface area contributed by atoms with Crippen molar-refractivity contribution in [2.24, 2.45) is 0 Å². The number of methoxy groups -OCH3 is 2. The maximum atomic E-state index is 6.25. The van der Waals surface area contributed by atoms with Gasteiger partial charge in [0.1, 0.15) is 11.5 Å². The molecule has 39 heavy (non-hydrogen) atoms. The predicted molar refractivity (Wildman–Crippen MR) is 154 cm³/mol. The molecule has 236 valence electrons. The molecule has 0 aliphatic rings. The van der Waals surface area contributed by atoms with Gasteiger partial charge in [-0.3, -0.25) is 0 Å². The van der Waals surface area contributed by atoms with Crippen molar-refractivity contribution in [3.8, 4) is 0 Å². The summed E-state index contributed by atoms with van der Waals surface area (Å²) in [5, 5.41) is 0. The van der Waals surface area contributed by atoms with Gasteiger partial charge < -0.3 is 46.7 Å². The zero-order chi connectivity index (χ0) is 29.6. The van der Waals surface area contributed by atoms with Crippen molar-refractivity contribution in [1.29, 1.82) is 0 Å². The van der Waals surface area contributed by atoms with Crippen LogP contribution in [-0.4, -0.2) is 100 Å². The highest BCUT2D eigenvalue weighted by Crippen LogP contribution is 2.35. The maximum Gasteiger partial charge on any atom is 0.398 e. The van der Waals surface area contributed by atoms with Crippen LogP contribution < -0.4 is 0 Å². The Morgan fingerprint density at radius 3 is 0.821 bits per heavy atom. The molecule has 0 aliphatic heterocycles. The quantitative estimate of drug-likeness (QED) is 0.0870. The molecule has 0 aromatic carbocycles. The molecule has 0 spiro atoms. The van der Waals surface area contributed by atoms with Crippen LogP contribution in [0.2, 0.25) is 0 Å². The second kappa shape index (κ2) is 22.4. The van der Waals surface area contributed by atoms with Crippen molar-refractivity contribution in [3.63, 3.8) is 0 Å². The van der Waals surface area contributed by atoms with Crippen LogP contribution in [0.15, 0.2) is 0 Å². The molecular formula is C28H60O10Si. The molecule has 11 heteroatoms. The van der Waals surface area contributed by atoms with Crippen LogP contribution in [0.4, 0.5) is 0 Å². The lowest BCUT2D eigenvalue weighted by molar-refractivity contribution is -0.390. The van der Waals surface area contributed by atoms with E-state index in [4.69, 9.17) is 46.7 Å². The largest absolute Gasteiger partial charge is 0.398 e. The van der Waals surface area contributed by atoms with E-state index in [1.165, 1.54) is 0 Å². The van der Waals surface area contributed by atoms with Crippen LogP contribution in [0.5, 0.6) is 0 Å². The van der Waals surface area contributed by atoms with E-state index in [9.17, 15) is 0 Å². The van der Waals surface area contributed by atoms with Crippen molar-refractivity contribution >= 4 is 8.56 Å². The highest BCUT2D eigenvalue weighted by Gasteiger charge is 2.59. The average molecular weight is 585 g/mol. The van der Waals surface area contributed by atoms with E-state index >= 15 is 0 Å². The first-order valence-corrected chi connectivity index (χ1v) is 16.8. The minimum Gasteiger partial charge on any atom is -0.395 e. The molecular weight excluding hydrogens is 524 g/mol. The fourth-order valence-corrected chi connectivity index (χ4v) is 7.56. The van der Waals surface area contributed by atoms with Gasteiger partial charge in [0.15, 0.2) is 0 Å². The summed E-state index contributed by atoms with van der Waals surface area (Å²) in [5.74, 6) is -2.63. The highest BCUT2D eigenvalue weighted by atomic mass is 28.4. The Balaban J connectivity index is 6.56. The lowest BCUT2D eigenvalue weighted by Gasteiger charge is -2.45. The van der Waals surface area contributed by atoms with E-state index in [1.807, 2.05) is 41.5 Å². The molecule has 0 rings (SSSR count). The van der Waals surface area contributed by atoms with Gasteiger partial charge in [-0.15, -0.1) is 0 Å². The molecule has 0 bridgehead atoms. The van der Waals surface area contributed by atoms with Crippen molar-refractivity contribution < 1.29 is 46.7 Å². The Morgan fingerprint density at radius 1 is 0.436 bits per heavy atom. The van der Waals surface area contributed by atoms with Crippen molar-refractivity contribution in [2.45, 2.75) is 116 Å². The molecule has 0 aromatic heterocycles. The van der Waals surface area contributed by atoms with Crippen LogP contribution in [0.3, 0.4) is 0 Å². The average Bonchev–Trinajstić information content (AvgIpc) is 2.97. The van der Waals surface area contributed by atoms with E-state index < -0.39 is 32.0 Å². The number of hydrogen-bond acceptors (Lipinski definition) is 10. The molecule has 10 nitrogen and oxygen atoms in total.